The first-order valence-electron chi connectivity index (χ1n) is 1.37. The van der Waals surface area contributed by atoms with Crippen LogP contribution in [0.25, 0.3) is 0 Å². The maximum atomic E-state index is 9.21. The molecule has 6 heavy (non-hydrogen) atoms. The largest absolute Gasteiger partial charge is 0.462 e. The highest BCUT2D eigenvalue weighted by molar-refractivity contribution is 5.42. The minimum Gasteiger partial charge on any atom is -0.462 e. The van der Waals surface area contributed by atoms with E-state index < -0.39 is 0 Å². The fourth-order valence-corrected chi connectivity index (χ4v) is 0.0759. The van der Waals surface area contributed by atoms with Gasteiger partial charge in [0, 0.05) is 0 Å². The van der Waals surface area contributed by atoms with Gasteiger partial charge in [0.25, 0.3) is 0 Å². The number of rotatable bonds is 2. The minimum atomic E-state index is 0.882. The van der Waals surface area contributed by atoms with E-state index in [9.17, 15) is 4.79 Å². The van der Waals surface area contributed by atoms with Gasteiger partial charge in [0.2, 0.25) is 0 Å². The smallest absolute Gasteiger partial charge is 0.173 e. The number of carbonyl (C=O) groups excluding carboxylic acids is 1. The van der Waals surface area contributed by atoms with Crippen molar-refractivity contribution in [3.05, 3.63) is 19.1 Å². The van der Waals surface area contributed by atoms with Crippen molar-refractivity contribution in [1.29, 1.82) is 0 Å². The lowest BCUT2D eigenvalue weighted by atomic mass is 11.1. The van der Waals surface area contributed by atoms with Crippen molar-refractivity contribution in [2.45, 2.75) is 0 Å². The molecule has 0 aromatic carbocycles. The predicted octanol–water partition coefficient (Wildman–Crippen LogP) is 0.492. The molecule has 32 valence electrons. The molecule has 0 aromatic rings. The molecule has 0 aromatic heterocycles. The molecule has 0 rings (SSSR count). The van der Waals surface area contributed by atoms with Crippen LogP contribution in [0.4, 0.5) is 0 Å². The molecular formula is C4H4O2. The summed E-state index contributed by atoms with van der Waals surface area (Å²) in [5.41, 5.74) is 0. The molecule has 2 nitrogen and oxygen atoms in total. The topological polar surface area (TPSA) is 26.3 Å². The van der Waals surface area contributed by atoms with Crippen molar-refractivity contribution in [2.75, 3.05) is 0 Å². The minimum absolute atomic E-state index is 0.882. The molecule has 2 heteroatoms. The zero-order valence-electron chi connectivity index (χ0n) is 3.18. The van der Waals surface area contributed by atoms with Gasteiger partial charge in [0.15, 0.2) is 12.2 Å². The van der Waals surface area contributed by atoms with Gasteiger partial charge in [-0.05, 0) is 0 Å². The Hall–Kier alpha value is -1.01. The summed E-state index contributed by atoms with van der Waals surface area (Å²) in [4.78, 5) is 9.21. The SMILES string of the molecule is C=COC=C=O. The van der Waals surface area contributed by atoms with Crippen molar-refractivity contribution in [3.8, 4) is 0 Å². The molecule has 0 N–H and O–H groups in total. The van der Waals surface area contributed by atoms with Crippen molar-refractivity contribution < 1.29 is 9.53 Å². The molecule has 0 fully saturated rings. The summed E-state index contributed by atoms with van der Waals surface area (Å²) >= 11 is 0. The summed E-state index contributed by atoms with van der Waals surface area (Å²) in [6, 6.07) is 0. The van der Waals surface area contributed by atoms with Crippen LogP contribution < -0.4 is 0 Å². The number of hydrogen-bond donors (Lipinski definition) is 0. The molecule has 0 spiro atoms. The van der Waals surface area contributed by atoms with Crippen molar-refractivity contribution in [1.82, 2.24) is 0 Å². The molecule has 0 saturated heterocycles. The Labute approximate surface area is 35.7 Å². The summed E-state index contributed by atoms with van der Waals surface area (Å²) in [6.45, 7) is 3.17. The first-order valence-corrected chi connectivity index (χ1v) is 1.37. The Kier molecular flexibility index (Phi) is 3.32. The van der Waals surface area contributed by atoms with Gasteiger partial charge < -0.3 is 4.74 Å². The molecule has 0 heterocycles. The molecule has 0 radical (unpaired) electrons. The fraction of sp³-hybridized carbons (Fsp3) is 0. The summed E-state index contributed by atoms with van der Waals surface area (Å²) in [6.07, 6.45) is 2.03. The van der Waals surface area contributed by atoms with Crippen molar-refractivity contribution >= 4 is 5.94 Å². The molecule has 0 aliphatic carbocycles. The second-order valence-electron chi connectivity index (χ2n) is 0.538. The van der Waals surface area contributed by atoms with Crippen LogP contribution in [0.3, 0.4) is 0 Å². The Morgan fingerprint density at radius 3 is 2.67 bits per heavy atom. The third kappa shape index (κ3) is 2.99. The molecule has 0 bridgehead atoms. The normalized spacial score (nSPS) is 5.33. The van der Waals surface area contributed by atoms with E-state index in [1.807, 2.05) is 0 Å². The third-order valence-corrected chi connectivity index (χ3v) is 0.212. The lowest BCUT2D eigenvalue weighted by Gasteiger charge is -1.74. The highest BCUT2D eigenvalue weighted by atomic mass is 16.5. The van der Waals surface area contributed by atoms with Gasteiger partial charge in [0.05, 0.1) is 6.26 Å². The zero-order chi connectivity index (χ0) is 4.83. The Morgan fingerprint density at radius 1 is 1.83 bits per heavy atom. The van der Waals surface area contributed by atoms with Crippen LogP contribution in [0.1, 0.15) is 0 Å². The second kappa shape index (κ2) is 3.99. The zero-order valence-corrected chi connectivity index (χ0v) is 3.18. The Morgan fingerprint density at radius 2 is 2.50 bits per heavy atom. The van der Waals surface area contributed by atoms with E-state index >= 15 is 0 Å². The lowest BCUT2D eigenvalue weighted by Crippen LogP contribution is -1.58. The molecule has 0 saturated carbocycles. The molecule has 0 atom stereocenters. The van der Waals surface area contributed by atoms with E-state index in [0.29, 0.717) is 0 Å². The van der Waals surface area contributed by atoms with Gasteiger partial charge in [-0.1, -0.05) is 6.58 Å². The van der Waals surface area contributed by atoms with Crippen LogP contribution in [-0.2, 0) is 9.53 Å². The standard InChI is InChI=1S/C4H4O2/c1-2-6-4-3-5/h2,4H,1H2. The summed E-state index contributed by atoms with van der Waals surface area (Å²) in [5.74, 6) is 1.40. The lowest BCUT2D eigenvalue weighted by molar-refractivity contribution is 0.405. The summed E-state index contributed by atoms with van der Waals surface area (Å²) in [7, 11) is 0. The van der Waals surface area contributed by atoms with Crippen LogP contribution >= 0.6 is 0 Å². The molecule has 0 amide bonds. The van der Waals surface area contributed by atoms with Gasteiger partial charge in [-0.2, -0.15) is 0 Å². The molecule has 0 aliphatic rings. The monoisotopic (exact) mass is 84.0 g/mol. The average Bonchev–Trinajstić information content (AvgIpc) is 1.61. The summed E-state index contributed by atoms with van der Waals surface area (Å²) in [5, 5.41) is 0. The van der Waals surface area contributed by atoms with E-state index in [-0.39, 0.29) is 0 Å². The quantitative estimate of drug-likeness (QED) is 0.359. The average molecular weight is 84.1 g/mol. The van der Waals surface area contributed by atoms with Gasteiger partial charge in [-0.25, -0.2) is 4.79 Å². The van der Waals surface area contributed by atoms with E-state index in [1.165, 1.54) is 5.94 Å². The van der Waals surface area contributed by atoms with Crippen LogP contribution in [0.2, 0.25) is 0 Å². The Bertz CT molecular complexity index is 79.5. The van der Waals surface area contributed by atoms with Gasteiger partial charge in [-0.15, -0.1) is 0 Å². The fourth-order valence-electron chi connectivity index (χ4n) is 0.0759. The first kappa shape index (κ1) is 4.99. The Balaban J connectivity index is 3.07. The van der Waals surface area contributed by atoms with Crippen LogP contribution in [0, 0.1) is 0 Å². The molecule has 0 unspecified atom stereocenters. The van der Waals surface area contributed by atoms with E-state index in [2.05, 4.69) is 11.3 Å². The molecule has 0 aliphatic heterocycles. The number of ether oxygens (including phenoxy) is 1. The van der Waals surface area contributed by atoms with Gasteiger partial charge in [0.1, 0.15) is 0 Å². The van der Waals surface area contributed by atoms with Crippen LogP contribution in [0.5, 0.6) is 0 Å². The first-order chi connectivity index (χ1) is 2.91. The maximum Gasteiger partial charge on any atom is 0.173 e. The third-order valence-electron chi connectivity index (χ3n) is 0.212. The van der Waals surface area contributed by atoms with Crippen LogP contribution in [0.15, 0.2) is 19.1 Å². The number of hydrogen-bond acceptors (Lipinski definition) is 2. The van der Waals surface area contributed by atoms with Crippen molar-refractivity contribution in [3.63, 3.8) is 0 Å². The predicted molar refractivity (Wildman–Crippen MR) is 21.5 cm³/mol. The summed E-state index contributed by atoms with van der Waals surface area (Å²) < 4.78 is 4.20. The van der Waals surface area contributed by atoms with Crippen LogP contribution in [-0.4, -0.2) is 5.94 Å². The van der Waals surface area contributed by atoms with Gasteiger partial charge >= 0.3 is 0 Å². The van der Waals surface area contributed by atoms with Crippen molar-refractivity contribution in [2.24, 2.45) is 0 Å². The van der Waals surface area contributed by atoms with Gasteiger partial charge in [-0.3, -0.25) is 0 Å². The highest BCUT2D eigenvalue weighted by Gasteiger charge is 1.53. The molecular weight excluding hydrogens is 80.0 g/mol. The highest BCUT2D eigenvalue weighted by Crippen LogP contribution is 1.65. The second-order valence-corrected chi connectivity index (χ2v) is 0.538. The van der Waals surface area contributed by atoms with E-state index in [1.54, 1.807) is 0 Å². The maximum absolute atomic E-state index is 9.21. The van der Waals surface area contributed by atoms with E-state index in [0.717, 1.165) is 12.5 Å². The van der Waals surface area contributed by atoms with E-state index in [4.69, 9.17) is 0 Å².